The van der Waals surface area contributed by atoms with Crippen molar-refractivity contribution < 1.29 is 9.59 Å². The summed E-state index contributed by atoms with van der Waals surface area (Å²) in [6.45, 7) is 3.51. The fourth-order valence-electron chi connectivity index (χ4n) is 3.13. The van der Waals surface area contributed by atoms with Gasteiger partial charge in [0.05, 0.1) is 0 Å². The molecule has 2 amide bonds. The molecule has 0 saturated heterocycles. The Kier molecular flexibility index (Phi) is 6.58. The number of carbonyl (C=O) groups is 2. The summed E-state index contributed by atoms with van der Waals surface area (Å²) >= 11 is 0. The fraction of sp³-hybridized carbons (Fsp3) is 0.174. The van der Waals surface area contributed by atoms with Crippen LogP contribution in [0, 0.1) is 25.2 Å². The fourth-order valence-corrected chi connectivity index (χ4v) is 3.13. The van der Waals surface area contributed by atoms with Crippen LogP contribution in [0.1, 0.15) is 32.7 Å². The summed E-state index contributed by atoms with van der Waals surface area (Å²) in [5.41, 5.74) is 2.42. The largest absolute Gasteiger partial charge is 0.348 e. The van der Waals surface area contributed by atoms with Gasteiger partial charge in [-0.2, -0.15) is 5.26 Å². The average Bonchev–Trinajstić information content (AvgIpc) is 2.76. The lowest BCUT2D eigenvalue weighted by Gasteiger charge is -2.12. The number of nitrogens with one attached hydrogen (secondary N) is 2. The maximum absolute atomic E-state index is 12.5. The summed E-state index contributed by atoms with van der Waals surface area (Å²) < 4.78 is 1.26. The highest BCUT2D eigenvalue weighted by Crippen LogP contribution is 2.12. The van der Waals surface area contributed by atoms with E-state index >= 15 is 0 Å². The van der Waals surface area contributed by atoms with Crippen LogP contribution < -0.4 is 16.2 Å². The first kappa shape index (κ1) is 21.5. The topological polar surface area (TPSA) is 117 Å². The van der Waals surface area contributed by atoms with Gasteiger partial charge in [0.15, 0.2) is 0 Å². The second-order valence-electron chi connectivity index (χ2n) is 7.01. The number of benzene rings is 1. The number of hydrogen-bond acceptors (Lipinski definition) is 5. The molecule has 8 heteroatoms. The van der Waals surface area contributed by atoms with Crippen LogP contribution in [0.15, 0.2) is 59.7 Å². The molecule has 1 aromatic carbocycles. The van der Waals surface area contributed by atoms with Crippen LogP contribution in [-0.4, -0.2) is 21.4 Å². The molecular formula is C23H21N5O3. The van der Waals surface area contributed by atoms with E-state index in [0.29, 0.717) is 29.1 Å². The van der Waals surface area contributed by atoms with E-state index in [-0.39, 0.29) is 18.0 Å². The number of amides is 2. The van der Waals surface area contributed by atoms with Gasteiger partial charge in [0.2, 0.25) is 5.91 Å². The molecule has 0 bridgehead atoms. The molecule has 0 radical (unpaired) electrons. The molecule has 2 heterocycles. The molecule has 0 spiro atoms. The lowest BCUT2D eigenvalue weighted by Crippen LogP contribution is -2.31. The molecule has 0 aliphatic heterocycles. The standard InChI is InChI=1S/C23H21N5O3/c1-15-10-16(2)28(23(31)20(15)12-24)14-21(29)27-19-5-3-4-18(11-19)22(30)26-13-17-6-8-25-9-7-17/h3-11H,13-14H2,1-2H3,(H,26,30)(H,27,29). The minimum Gasteiger partial charge on any atom is -0.348 e. The molecule has 0 atom stereocenters. The highest BCUT2D eigenvalue weighted by atomic mass is 16.2. The molecule has 2 N–H and O–H groups in total. The third kappa shape index (κ3) is 5.22. The molecule has 2 aromatic heterocycles. The smallest absolute Gasteiger partial charge is 0.269 e. The van der Waals surface area contributed by atoms with E-state index in [4.69, 9.17) is 0 Å². The number of anilines is 1. The maximum atomic E-state index is 12.5. The maximum Gasteiger partial charge on any atom is 0.269 e. The molecule has 0 saturated carbocycles. The van der Waals surface area contributed by atoms with Crippen molar-refractivity contribution in [1.82, 2.24) is 14.9 Å². The van der Waals surface area contributed by atoms with E-state index in [1.165, 1.54) is 4.57 Å². The van der Waals surface area contributed by atoms with Gasteiger partial charge in [-0.1, -0.05) is 6.07 Å². The van der Waals surface area contributed by atoms with Gasteiger partial charge < -0.3 is 15.2 Å². The van der Waals surface area contributed by atoms with Gasteiger partial charge in [0, 0.05) is 35.9 Å². The van der Waals surface area contributed by atoms with Crippen molar-refractivity contribution in [2.24, 2.45) is 0 Å². The molecule has 3 aromatic rings. The predicted molar refractivity (Wildman–Crippen MR) is 115 cm³/mol. The molecule has 8 nitrogen and oxygen atoms in total. The van der Waals surface area contributed by atoms with Crippen LogP contribution in [0.5, 0.6) is 0 Å². The second kappa shape index (κ2) is 9.50. The van der Waals surface area contributed by atoms with Gasteiger partial charge in [-0.25, -0.2) is 0 Å². The van der Waals surface area contributed by atoms with Crippen molar-refractivity contribution in [3.8, 4) is 6.07 Å². The Morgan fingerprint density at radius 3 is 2.58 bits per heavy atom. The molecule has 31 heavy (non-hydrogen) atoms. The van der Waals surface area contributed by atoms with Crippen molar-refractivity contribution in [3.05, 3.63) is 93.2 Å². The van der Waals surface area contributed by atoms with Crippen molar-refractivity contribution in [2.45, 2.75) is 26.9 Å². The number of aromatic nitrogens is 2. The SMILES string of the molecule is Cc1cc(C)n(CC(=O)Nc2cccc(C(=O)NCc3ccncc3)c2)c(=O)c1C#N. The summed E-state index contributed by atoms with van der Waals surface area (Å²) in [7, 11) is 0. The Hall–Kier alpha value is -4.25. The van der Waals surface area contributed by atoms with Crippen LogP contribution in [0.25, 0.3) is 0 Å². The molecule has 3 rings (SSSR count). The number of carbonyl (C=O) groups excluding carboxylic acids is 2. The number of nitrogens with zero attached hydrogens (tertiary/aromatic N) is 3. The number of hydrogen-bond donors (Lipinski definition) is 2. The summed E-state index contributed by atoms with van der Waals surface area (Å²) in [6, 6.07) is 13.7. The summed E-state index contributed by atoms with van der Waals surface area (Å²) in [6.07, 6.45) is 3.30. The van der Waals surface area contributed by atoms with Gasteiger partial charge >= 0.3 is 0 Å². The Balaban J connectivity index is 1.68. The third-order valence-corrected chi connectivity index (χ3v) is 4.73. The highest BCUT2D eigenvalue weighted by molar-refractivity contribution is 5.97. The zero-order valence-corrected chi connectivity index (χ0v) is 17.2. The van der Waals surface area contributed by atoms with E-state index in [2.05, 4.69) is 15.6 Å². The molecule has 0 fully saturated rings. The van der Waals surface area contributed by atoms with E-state index in [0.717, 1.165) is 5.56 Å². The van der Waals surface area contributed by atoms with Gasteiger partial charge in [-0.15, -0.1) is 0 Å². The summed E-state index contributed by atoms with van der Waals surface area (Å²) in [5, 5.41) is 14.7. The van der Waals surface area contributed by atoms with Crippen molar-refractivity contribution in [2.75, 3.05) is 5.32 Å². The van der Waals surface area contributed by atoms with Crippen molar-refractivity contribution in [1.29, 1.82) is 5.26 Å². The van der Waals surface area contributed by atoms with Gasteiger partial charge in [0.25, 0.3) is 11.5 Å². The average molecular weight is 415 g/mol. The van der Waals surface area contributed by atoms with Crippen LogP contribution in [0.3, 0.4) is 0 Å². The Bertz CT molecular complexity index is 1230. The number of rotatable bonds is 6. The Morgan fingerprint density at radius 1 is 1.13 bits per heavy atom. The second-order valence-corrected chi connectivity index (χ2v) is 7.01. The van der Waals surface area contributed by atoms with E-state index < -0.39 is 11.5 Å². The lowest BCUT2D eigenvalue weighted by molar-refractivity contribution is -0.116. The lowest BCUT2D eigenvalue weighted by atomic mass is 10.1. The Labute approximate surface area is 179 Å². The highest BCUT2D eigenvalue weighted by Gasteiger charge is 2.14. The summed E-state index contributed by atoms with van der Waals surface area (Å²) in [4.78, 5) is 41.3. The number of aryl methyl sites for hydroxylation is 2. The molecule has 0 aliphatic carbocycles. The predicted octanol–water partition coefficient (Wildman–Crippen LogP) is 2.30. The van der Waals surface area contributed by atoms with Crippen LogP contribution >= 0.6 is 0 Å². The summed E-state index contributed by atoms with van der Waals surface area (Å²) in [5.74, 6) is -0.718. The minimum atomic E-state index is -0.501. The number of nitriles is 1. The normalized spacial score (nSPS) is 10.2. The van der Waals surface area contributed by atoms with Crippen molar-refractivity contribution in [3.63, 3.8) is 0 Å². The molecule has 156 valence electrons. The minimum absolute atomic E-state index is 0.0197. The molecular weight excluding hydrogens is 394 g/mol. The number of pyridine rings is 2. The van der Waals surface area contributed by atoms with Crippen LogP contribution in [-0.2, 0) is 17.9 Å². The van der Waals surface area contributed by atoms with Gasteiger partial charge in [0.1, 0.15) is 18.2 Å². The van der Waals surface area contributed by atoms with Crippen molar-refractivity contribution >= 4 is 17.5 Å². The zero-order valence-electron chi connectivity index (χ0n) is 17.2. The van der Waals surface area contributed by atoms with Gasteiger partial charge in [-0.05, 0) is 61.4 Å². The van der Waals surface area contributed by atoms with Crippen LogP contribution in [0.4, 0.5) is 5.69 Å². The first-order valence-electron chi connectivity index (χ1n) is 9.57. The quantitative estimate of drug-likeness (QED) is 0.641. The first-order valence-corrected chi connectivity index (χ1v) is 9.57. The van der Waals surface area contributed by atoms with E-state index in [1.54, 1.807) is 56.6 Å². The molecule has 0 unspecified atom stereocenters. The Morgan fingerprint density at radius 2 is 1.87 bits per heavy atom. The van der Waals surface area contributed by atoms with E-state index in [9.17, 15) is 19.6 Å². The molecule has 0 aliphatic rings. The monoisotopic (exact) mass is 415 g/mol. The zero-order chi connectivity index (χ0) is 22.4. The van der Waals surface area contributed by atoms with Gasteiger partial charge in [-0.3, -0.25) is 19.4 Å². The first-order chi connectivity index (χ1) is 14.9. The van der Waals surface area contributed by atoms with Crippen LogP contribution in [0.2, 0.25) is 0 Å². The van der Waals surface area contributed by atoms with E-state index in [1.807, 2.05) is 18.2 Å². The third-order valence-electron chi connectivity index (χ3n) is 4.73.